The molecule has 2 heterocycles. The molecule has 1 aliphatic rings. The Labute approximate surface area is 71.4 Å². The zero-order valence-corrected chi connectivity index (χ0v) is 6.85. The molecule has 0 aliphatic carbocycles. The van der Waals surface area contributed by atoms with Crippen molar-refractivity contribution in [3.05, 3.63) is 18.3 Å². The van der Waals surface area contributed by atoms with Crippen LogP contribution < -0.4 is 10.6 Å². The highest BCUT2D eigenvalue weighted by Gasteiger charge is 2.27. The zero-order chi connectivity index (χ0) is 8.39. The number of nitrogens with two attached hydrogens (primary N) is 1. The van der Waals surface area contributed by atoms with Crippen molar-refractivity contribution in [3.63, 3.8) is 0 Å². The van der Waals surface area contributed by atoms with Crippen molar-refractivity contribution in [1.29, 1.82) is 0 Å². The third kappa shape index (κ3) is 1.14. The largest absolute Gasteiger partial charge is 0.351 e. The molecule has 2 rings (SSSR count). The van der Waals surface area contributed by atoms with Gasteiger partial charge in [-0.25, -0.2) is 0 Å². The summed E-state index contributed by atoms with van der Waals surface area (Å²) in [5, 5.41) is 7.84. The summed E-state index contributed by atoms with van der Waals surface area (Å²) >= 11 is 0. The fourth-order valence-corrected chi connectivity index (χ4v) is 1.43. The van der Waals surface area contributed by atoms with Gasteiger partial charge in [0.25, 0.3) is 0 Å². The quantitative estimate of drug-likeness (QED) is 0.669. The Hall–Kier alpha value is -1.16. The standard InChI is InChI=1S/C8H12N4/c9-6-7-3-5-12(7)8-2-1-4-10-11-8/h1-2,4,7H,3,5-6,9H2. The predicted molar refractivity (Wildman–Crippen MR) is 46.8 cm³/mol. The molecule has 0 aromatic carbocycles. The third-order valence-corrected chi connectivity index (χ3v) is 2.27. The van der Waals surface area contributed by atoms with E-state index in [0.717, 1.165) is 12.4 Å². The molecule has 2 N–H and O–H groups in total. The maximum atomic E-state index is 5.57. The van der Waals surface area contributed by atoms with Crippen molar-refractivity contribution in [2.24, 2.45) is 5.73 Å². The van der Waals surface area contributed by atoms with Crippen LogP contribution in [0.1, 0.15) is 6.42 Å². The Bertz CT molecular complexity index is 246. The Morgan fingerprint density at radius 3 is 3.08 bits per heavy atom. The average molecular weight is 164 g/mol. The Kier molecular flexibility index (Phi) is 1.91. The summed E-state index contributed by atoms with van der Waals surface area (Å²) in [7, 11) is 0. The minimum Gasteiger partial charge on any atom is -0.351 e. The van der Waals surface area contributed by atoms with Crippen LogP contribution in [0.25, 0.3) is 0 Å². The first-order chi connectivity index (χ1) is 5.92. The van der Waals surface area contributed by atoms with Crippen LogP contribution >= 0.6 is 0 Å². The first-order valence-electron chi connectivity index (χ1n) is 4.16. The van der Waals surface area contributed by atoms with Crippen LogP contribution in [0, 0.1) is 0 Å². The molecule has 1 fully saturated rings. The lowest BCUT2D eigenvalue weighted by Crippen LogP contribution is -2.52. The van der Waals surface area contributed by atoms with Crippen molar-refractivity contribution in [3.8, 4) is 0 Å². The molecule has 1 aromatic rings. The number of anilines is 1. The van der Waals surface area contributed by atoms with E-state index in [1.165, 1.54) is 6.42 Å². The average Bonchev–Trinajstić information content (AvgIpc) is 2.05. The second kappa shape index (κ2) is 3.06. The van der Waals surface area contributed by atoms with Crippen molar-refractivity contribution in [1.82, 2.24) is 10.2 Å². The minimum atomic E-state index is 0.474. The van der Waals surface area contributed by atoms with Crippen LogP contribution in [-0.2, 0) is 0 Å². The van der Waals surface area contributed by atoms with Crippen LogP contribution in [0.15, 0.2) is 18.3 Å². The molecule has 1 atom stereocenters. The van der Waals surface area contributed by atoms with Crippen LogP contribution in [0.2, 0.25) is 0 Å². The third-order valence-electron chi connectivity index (χ3n) is 2.27. The lowest BCUT2D eigenvalue weighted by atomic mass is 10.0. The molecule has 0 radical (unpaired) electrons. The highest BCUT2D eigenvalue weighted by molar-refractivity contribution is 5.41. The first kappa shape index (κ1) is 7.49. The van der Waals surface area contributed by atoms with E-state index in [2.05, 4.69) is 15.1 Å². The van der Waals surface area contributed by atoms with E-state index in [0.29, 0.717) is 12.6 Å². The Morgan fingerprint density at radius 1 is 1.67 bits per heavy atom. The molecular weight excluding hydrogens is 152 g/mol. The molecule has 0 bridgehead atoms. The van der Waals surface area contributed by atoms with E-state index >= 15 is 0 Å². The maximum absolute atomic E-state index is 5.57. The molecule has 4 nitrogen and oxygen atoms in total. The van der Waals surface area contributed by atoms with Gasteiger partial charge in [0.2, 0.25) is 0 Å². The fraction of sp³-hybridized carbons (Fsp3) is 0.500. The van der Waals surface area contributed by atoms with Crippen LogP contribution in [0.4, 0.5) is 5.82 Å². The summed E-state index contributed by atoms with van der Waals surface area (Å²) in [5.74, 6) is 0.944. The second-order valence-electron chi connectivity index (χ2n) is 2.95. The van der Waals surface area contributed by atoms with Crippen molar-refractivity contribution >= 4 is 5.82 Å². The van der Waals surface area contributed by atoms with E-state index < -0.39 is 0 Å². The van der Waals surface area contributed by atoms with E-state index in [4.69, 9.17) is 5.73 Å². The van der Waals surface area contributed by atoms with E-state index in [1.54, 1.807) is 6.20 Å². The maximum Gasteiger partial charge on any atom is 0.151 e. The van der Waals surface area contributed by atoms with Gasteiger partial charge in [-0.15, -0.1) is 5.10 Å². The molecule has 1 saturated heterocycles. The first-order valence-corrected chi connectivity index (χ1v) is 4.16. The summed E-state index contributed by atoms with van der Waals surface area (Å²) in [4.78, 5) is 2.19. The molecule has 0 saturated carbocycles. The SMILES string of the molecule is NCC1CCN1c1cccnn1. The van der Waals surface area contributed by atoms with Gasteiger partial charge in [-0.1, -0.05) is 0 Å². The van der Waals surface area contributed by atoms with Gasteiger partial charge in [-0.05, 0) is 18.6 Å². The van der Waals surface area contributed by atoms with Gasteiger partial charge in [0, 0.05) is 25.3 Å². The van der Waals surface area contributed by atoms with Gasteiger partial charge < -0.3 is 10.6 Å². The smallest absolute Gasteiger partial charge is 0.151 e. The summed E-state index contributed by atoms with van der Waals surface area (Å²) in [6.45, 7) is 1.76. The predicted octanol–water partition coefficient (Wildman–Crippen LogP) is 0.0140. The molecule has 1 aliphatic heterocycles. The second-order valence-corrected chi connectivity index (χ2v) is 2.95. The highest BCUT2D eigenvalue weighted by Crippen LogP contribution is 2.22. The highest BCUT2D eigenvalue weighted by atomic mass is 15.3. The molecule has 0 spiro atoms. The molecule has 12 heavy (non-hydrogen) atoms. The lowest BCUT2D eigenvalue weighted by molar-refractivity contribution is 0.450. The van der Waals surface area contributed by atoms with Crippen LogP contribution in [0.5, 0.6) is 0 Å². The van der Waals surface area contributed by atoms with Gasteiger partial charge >= 0.3 is 0 Å². The van der Waals surface area contributed by atoms with Crippen LogP contribution in [0.3, 0.4) is 0 Å². The number of hydrogen-bond donors (Lipinski definition) is 1. The van der Waals surface area contributed by atoms with E-state index in [9.17, 15) is 0 Å². The van der Waals surface area contributed by atoms with Gasteiger partial charge in [0.05, 0.1) is 0 Å². The van der Waals surface area contributed by atoms with Gasteiger partial charge in [-0.3, -0.25) is 0 Å². The lowest BCUT2D eigenvalue weighted by Gasteiger charge is -2.40. The van der Waals surface area contributed by atoms with Crippen molar-refractivity contribution < 1.29 is 0 Å². The van der Waals surface area contributed by atoms with Gasteiger partial charge in [0.1, 0.15) is 0 Å². The molecular formula is C8H12N4. The number of rotatable bonds is 2. The number of aromatic nitrogens is 2. The Balaban J connectivity index is 2.11. The molecule has 0 amide bonds. The number of nitrogens with zero attached hydrogens (tertiary/aromatic N) is 3. The molecule has 4 heteroatoms. The molecule has 1 unspecified atom stereocenters. The number of hydrogen-bond acceptors (Lipinski definition) is 4. The normalized spacial score (nSPS) is 22.1. The summed E-state index contributed by atoms with van der Waals surface area (Å²) < 4.78 is 0. The summed E-state index contributed by atoms with van der Waals surface area (Å²) in [5.41, 5.74) is 5.57. The van der Waals surface area contributed by atoms with Crippen LogP contribution in [-0.4, -0.2) is 29.3 Å². The molecule has 64 valence electrons. The fourth-order valence-electron chi connectivity index (χ4n) is 1.43. The molecule has 1 aromatic heterocycles. The van der Waals surface area contributed by atoms with Crippen molar-refractivity contribution in [2.75, 3.05) is 18.0 Å². The summed E-state index contributed by atoms with van der Waals surface area (Å²) in [6.07, 6.45) is 2.85. The minimum absolute atomic E-state index is 0.474. The monoisotopic (exact) mass is 164 g/mol. The summed E-state index contributed by atoms with van der Waals surface area (Å²) in [6, 6.07) is 4.34. The zero-order valence-electron chi connectivity index (χ0n) is 6.85. The van der Waals surface area contributed by atoms with Gasteiger partial charge in [0.15, 0.2) is 5.82 Å². The van der Waals surface area contributed by atoms with E-state index in [-0.39, 0.29) is 0 Å². The topological polar surface area (TPSA) is 55.0 Å². The van der Waals surface area contributed by atoms with Gasteiger partial charge in [-0.2, -0.15) is 5.10 Å². The van der Waals surface area contributed by atoms with Crippen molar-refractivity contribution in [2.45, 2.75) is 12.5 Å². The Morgan fingerprint density at radius 2 is 2.58 bits per heavy atom. The van der Waals surface area contributed by atoms with E-state index in [1.807, 2.05) is 12.1 Å².